The van der Waals surface area contributed by atoms with E-state index in [0.717, 1.165) is 24.8 Å². The van der Waals surface area contributed by atoms with Gasteiger partial charge in [0.25, 0.3) is 0 Å². The van der Waals surface area contributed by atoms with Crippen LogP contribution in [0.2, 0.25) is 0 Å². The highest BCUT2D eigenvalue weighted by Crippen LogP contribution is 2.23. The quantitative estimate of drug-likeness (QED) is 0.914. The first-order valence-electron chi connectivity index (χ1n) is 7.63. The van der Waals surface area contributed by atoms with Crippen molar-refractivity contribution < 1.29 is 4.79 Å². The lowest BCUT2D eigenvalue weighted by atomic mass is 10.1. The molecule has 8 heteroatoms. The lowest BCUT2D eigenvalue weighted by molar-refractivity contribution is -0.121. The second-order valence-corrected chi connectivity index (χ2v) is 6.46. The summed E-state index contributed by atoms with van der Waals surface area (Å²) in [6.07, 6.45) is 5.05. The maximum atomic E-state index is 12.4. The molecule has 122 valence electrons. The molecule has 2 atom stereocenters. The van der Waals surface area contributed by atoms with Crippen LogP contribution in [0.25, 0.3) is 0 Å². The molecular weight excluding hydrogens is 312 g/mol. The Kier molecular flexibility index (Phi) is 4.82. The molecule has 3 rings (SSSR count). The van der Waals surface area contributed by atoms with Crippen molar-refractivity contribution >= 4 is 28.3 Å². The molecule has 3 heterocycles. The Bertz CT molecular complexity index is 635. The largest absolute Gasteiger partial charge is 0.343 e. The summed E-state index contributed by atoms with van der Waals surface area (Å²) in [5.41, 5.74) is 0. The van der Waals surface area contributed by atoms with Crippen molar-refractivity contribution in [2.75, 3.05) is 29.9 Å². The van der Waals surface area contributed by atoms with Gasteiger partial charge in [0.15, 0.2) is 5.13 Å². The van der Waals surface area contributed by atoms with Gasteiger partial charge in [-0.15, -0.1) is 11.3 Å². The highest BCUT2D eigenvalue weighted by molar-refractivity contribution is 7.13. The average molecular weight is 332 g/mol. The van der Waals surface area contributed by atoms with Crippen molar-refractivity contribution in [3.63, 3.8) is 0 Å². The maximum Gasteiger partial charge on any atom is 0.243 e. The highest BCUT2D eigenvalue weighted by Gasteiger charge is 2.30. The van der Waals surface area contributed by atoms with Crippen LogP contribution >= 0.6 is 11.3 Å². The van der Waals surface area contributed by atoms with Gasteiger partial charge in [-0.3, -0.25) is 15.0 Å². The standard InChI is InChI=1S/C15H20N6OS/c1-11-10-20(7-8-21(11)15-18-6-9-23-15)12(2)13(22)19-14-16-4-3-5-17-14/h3-6,9,11-12H,7-8,10H2,1-2H3,(H,16,17,19,22). The second-order valence-electron chi connectivity index (χ2n) is 5.59. The summed E-state index contributed by atoms with van der Waals surface area (Å²) in [6, 6.07) is 1.82. The van der Waals surface area contributed by atoms with Gasteiger partial charge in [0.1, 0.15) is 0 Å². The number of thiazole rings is 1. The van der Waals surface area contributed by atoms with Crippen molar-refractivity contribution in [3.8, 4) is 0 Å². The molecule has 0 aromatic carbocycles. The summed E-state index contributed by atoms with van der Waals surface area (Å²) in [4.78, 5) is 29.3. The Morgan fingerprint density at radius 1 is 1.30 bits per heavy atom. The smallest absolute Gasteiger partial charge is 0.243 e. The molecule has 1 fully saturated rings. The summed E-state index contributed by atoms with van der Waals surface area (Å²) >= 11 is 1.65. The molecular formula is C15H20N6OS. The molecule has 0 aliphatic carbocycles. The van der Waals surface area contributed by atoms with Gasteiger partial charge in [-0.05, 0) is 19.9 Å². The molecule has 0 bridgehead atoms. The van der Waals surface area contributed by atoms with Crippen molar-refractivity contribution in [1.29, 1.82) is 0 Å². The van der Waals surface area contributed by atoms with Crippen LogP contribution in [-0.4, -0.2) is 57.5 Å². The Morgan fingerprint density at radius 3 is 2.74 bits per heavy atom. The Balaban J connectivity index is 1.58. The normalized spacial score (nSPS) is 20.3. The minimum absolute atomic E-state index is 0.0777. The molecule has 0 saturated carbocycles. The van der Waals surface area contributed by atoms with E-state index in [1.807, 2.05) is 18.5 Å². The Morgan fingerprint density at radius 2 is 2.09 bits per heavy atom. The number of piperazine rings is 1. The van der Waals surface area contributed by atoms with Gasteiger partial charge in [-0.1, -0.05) is 0 Å². The minimum Gasteiger partial charge on any atom is -0.343 e. The van der Waals surface area contributed by atoms with Crippen molar-refractivity contribution in [2.24, 2.45) is 0 Å². The Labute approximate surface area is 139 Å². The van der Waals surface area contributed by atoms with E-state index in [2.05, 4.69) is 37.0 Å². The van der Waals surface area contributed by atoms with Crippen LogP contribution in [0.1, 0.15) is 13.8 Å². The monoisotopic (exact) mass is 332 g/mol. The lowest BCUT2D eigenvalue weighted by Crippen LogP contribution is -2.56. The average Bonchev–Trinajstić information content (AvgIpc) is 3.09. The van der Waals surface area contributed by atoms with Crippen LogP contribution in [-0.2, 0) is 4.79 Å². The molecule has 23 heavy (non-hydrogen) atoms. The molecule has 1 aliphatic rings. The number of nitrogens with one attached hydrogen (secondary N) is 1. The van der Waals surface area contributed by atoms with Crippen molar-refractivity contribution in [2.45, 2.75) is 25.9 Å². The fraction of sp³-hybridized carbons (Fsp3) is 0.467. The zero-order valence-electron chi connectivity index (χ0n) is 13.2. The zero-order valence-corrected chi connectivity index (χ0v) is 14.0. The Hall–Kier alpha value is -2.06. The van der Waals surface area contributed by atoms with Gasteiger partial charge in [-0.25, -0.2) is 15.0 Å². The van der Waals surface area contributed by atoms with Crippen LogP contribution in [0, 0.1) is 0 Å². The lowest BCUT2D eigenvalue weighted by Gasteiger charge is -2.41. The molecule has 0 radical (unpaired) electrons. The third-order valence-corrected chi connectivity index (χ3v) is 4.86. The SMILES string of the molecule is CC(C(=O)Nc1ncccn1)N1CCN(c2nccs2)C(C)C1. The second kappa shape index (κ2) is 7.01. The van der Waals surface area contributed by atoms with Crippen LogP contribution in [0.3, 0.4) is 0 Å². The van der Waals surface area contributed by atoms with E-state index in [1.54, 1.807) is 29.8 Å². The minimum atomic E-state index is -0.222. The summed E-state index contributed by atoms with van der Waals surface area (Å²) in [7, 11) is 0. The number of carbonyl (C=O) groups excluding carboxylic acids is 1. The van der Waals surface area contributed by atoms with Crippen molar-refractivity contribution in [1.82, 2.24) is 19.9 Å². The molecule has 2 aromatic heterocycles. The number of rotatable bonds is 4. The number of hydrogen-bond donors (Lipinski definition) is 1. The fourth-order valence-corrected chi connectivity index (χ4v) is 3.50. The fourth-order valence-electron chi connectivity index (χ4n) is 2.72. The summed E-state index contributed by atoms with van der Waals surface area (Å²) in [5.74, 6) is 0.268. The number of aromatic nitrogens is 3. The first-order chi connectivity index (χ1) is 11.1. The molecule has 7 nitrogen and oxygen atoms in total. The van der Waals surface area contributed by atoms with E-state index >= 15 is 0 Å². The first-order valence-corrected chi connectivity index (χ1v) is 8.51. The van der Waals surface area contributed by atoms with E-state index in [9.17, 15) is 4.79 Å². The predicted octanol–water partition coefficient (Wildman–Crippen LogP) is 1.47. The molecule has 1 aliphatic heterocycles. The van der Waals surface area contributed by atoms with E-state index in [4.69, 9.17) is 0 Å². The summed E-state index contributed by atoms with van der Waals surface area (Å²) in [6.45, 7) is 6.61. The van der Waals surface area contributed by atoms with Gasteiger partial charge >= 0.3 is 0 Å². The van der Waals surface area contributed by atoms with Crippen molar-refractivity contribution in [3.05, 3.63) is 30.0 Å². The first kappa shape index (κ1) is 15.8. The number of hydrogen-bond acceptors (Lipinski definition) is 7. The number of nitrogens with zero attached hydrogens (tertiary/aromatic N) is 5. The van der Waals surface area contributed by atoms with E-state index in [0.29, 0.717) is 12.0 Å². The number of anilines is 2. The van der Waals surface area contributed by atoms with Crippen LogP contribution in [0.15, 0.2) is 30.0 Å². The predicted molar refractivity (Wildman–Crippen MR) is 90.6 cm³/mol. The van der Waals surface area contributed by atoms with Crippen LogP contribution in [0.5, 0.6) is 0 Å². The number of amides is 1. The highest BCUT2D eigenvalue weighted by atomic mass is 32.1. The molecule has 2 unspecified atom stereocenters. The van der Waals surface area contributed by atoms with E-state index in [-0.39, 0.29) is 11.9 Å². The van der Waals surface area contributed by atoms with Gasteiger partial charge in [-0.2, -0.15) is 0 Å². The molecule has 1 amide bonds. The summed E-state index contributed by atoms with van der Waals surface area (Å²) < 4.78 is 0. The molecule has 0 spiro atoms. The van der Waals surface area contributed by atoms with E-state index < -0.39 is 0 Å². The molecule has 1 N–H and O–H groups in total. The van der Waals surface area contributed by atoms with E-state index in [1.165, 1.54) is 0 Å². The third-order valence-electron chi connectivity index (χ3n) is 4.05. The van der Waals surface area contributed by atoms with Gasteiger partial charge in [0.05, 0.1) is 6.04 Å². The van der Waals surface area contributed by atoms with Gasteiger partial charge in [0.2, 0.25) is 11.9 Å². The van der Waals surface area contributed by atoms with Gasteiger partial charge in [0, 0.05) is 49.6 Å². The molecule has 1 saturated heterocycles. The third kappa shape index (κ3) is 3.65. The number of carbonyl (C=O) groups is 1. The zero-order chi connectivity index (χ0) is 16.2. The van der Waals surface area contributed by atoms with Crippen LogP contribution < -0.4 is 10.2 Å². The van der Waals surface area contributed by atoms with Gasteiger partial charge < -0.3 is 4.90 Å². The topological polar surface area (TPSA) is 74.2 Å². The summed E-state index contributed by atoms with van der Waals surface area (Å²) in [5, 5.41) is 5.80. The van der Waals surface area contributed by atoms with Crippen LogP contribution in [0.4, 0.5) is 11.1 Å². The molecule has 2 aromatic rings. The maximum absolute atomic E-state index is 12.4.